The lowest BCUT2D eigenvalue weighted by molar-refractivity contribution is 0.426. The van der Waals surface area contributed by atoms with Crippen molar-refractivity contribution in [3.63, 3.8) is 0 Å². The Hall–Kier alpha value is 0.270. The third kappa shape index (κ3) is 3.14. The monoisotopic (exact) mass is 214 g/mol. The number of nitrogens with one attached hydrogen (secondary N) is 1. The van der Waals surface area contributed by atoms with Gasteiger partial charge >= 0.3 is 0 Å². The maximum absolute atomic E-state index is 5.90. The summed E-state index contributed by atoms with van der Waals surface area (Å²) in [7, 11) is 0. The van der Waals surface area contributed by atoms with E-state index in [2.05, 4.69) is 17.1 Å². The average Bonchev–Trinajstić information content (AvgIpc) is 2.63. The van der Waals surface area contributed by atoms with Crippen molar-refractivity contribution >= 4 is 11.8 Å². The Morgan fingerprint density at radius 2 is 2.21 bits per heavy atom. The van der Waals surface area contributed by atoms with E-state index in [1.165, 1.54) is 50.2 Å². The van der Waals surface area contributed by atoms with Gasteiger partial charge in [-0.3, -0.25) is 0 Å². The largest absolute Gasteiger partial charge is 0.328 e. The zero-order valence-electron chi connectivity index (χ0n) is 8.87. The molecule has 2 rings (SSSR count). The molecule has 2 nitrogen and oxygen atoms in total. The van der Waals surface area contributed by atoms with Crippen molar-refractivity contribution in [1.29, 1.82) is 0 Å². The van der Waals surface area contributed by atoms with Crippen LogP contribution in [0.4, 0.5) is 0 Å². The van der Waals surface area contributed by atoms with Gasteiger partial charge in [0, 0.05) is 17.8 Å². The van der Waals surface area contributed by atoms with Gasteiger partial charge in [0.05, 0.1) is 0 Å². The van der Waals surface area contributed by atoms with E-state index in [1.54, 1.807) is 0 Å². The summed E-state index contributed by atoms with van der Waals surface area (Å²) in [5.74, 6) is 3.54. The lowest BCUT2D eigenvalue weighted by Crippen LogP contribution is -2.36. The second-order valence-corrected chi connectivity index (χ2v) is 5.91. The molecule has 2 aliphatic rings. The zero-order valence-corrected chi connectivity index (χ0v) is 9.69. The van der Waals surface area contributed by atoms with E-state index in [4.69, 9.17) is 5.73 Å². The molecule has 3 N–H and O–H groups in total. The van der Waals surface area contributed by atoms with E-state index < -0.39 is 0 Å². The van der Waals surface area contributed by atoms with Gasteiger partial charge in [-0.25, -0.2) is 0 Å². The summed E-state index contributed by atoms with van der Waals surface area (Å²) < 4.78 is 0. The van der Waals surface area contributed by atoms with Crippen LogP contribution in [0.1, 0.15) is 32.1 Å². The molecular formula is C11H22N2S. The third-order valence-electron chi connectivity index (χ3n) is 3.44. The summed E-state index contributed by atoms with van der Waals surface area (Å²) in [4.78, 5) is 0. The highest BCUT2D eigenvalue weighted by atomic mass is 32.2. The number of thioether (sulfide) groups is 1. The van der Waals surface area contributed by atoms with E-state index in [-0.39, 0.29) is 0 Å². The van der Waals surface area contributed by atoms with Gasteiger partial charge in [-0.2, -0.15) is 11.8 Å². The highest BCUT2D eigenvalue weighted by Gasteiger charge is 2.22. The van der Waals surface area contributed by atoms with Crippen LogP contribution in [0.25, 0.3) is 0 Å². The molecule has 1 heterocycles. The van der Waals surface area contributed by atoms with Gasteiger partial charge in [0.2, 0.25) is 0 Å². The summed E-state index contributed by atoms with van der Waals surface area (Å²) in [5, 5.41) is 3.71. The topological polar surface area (TPSA) is 38.0 Å². The first kappa shape index (κ1) is 10.8. The van der Waals surface area contributed by atoms with Crippen LogP contribution in [0.2, 0.25) is 0 Å². The molecule has 0 aromatic heterocycles. The Bertz CT molecular complexity index is 164. The van der Waals surface area contributed by atoms with E-state index in [0.29, 0.717) is 6.04 Å². The second-order valence-electron chi connectivity index (χ2n) is 4.76. The first-order valence-electron chi connectivity index (χ1n) is 5.91. The van der Waals surface area contributed by atoms with E-state index in [9.17, 15) is 0 Å². The standard InChI is InChI=1S/C11H22N2S/c12-10-4-3-9(6-10)7-13-11-2-1-5-14-8-11/h9-11,13H,1-8,12H2. The normalized spacial score (nSPS) is 38.8. The lowest BCUT2D eigenvalue weighted by Gasteiger charge is -2.24. The molecule has 0 aromatic rings. The van der Waals surface area contributed by atoms with Gasteiger partial charge < -0.3 is 11.1 Å². The fraction of sp³-hybridized carbons (Fsp3) is 1.00. The minimum absolute atomic E-state index is 0.488. The quantitative estimate of drug-likeness (QED) is 0.749. The fourth-order valence-corrected chi connectivity index (χ4v) is 3.64. The molecule has 1 saturated heterocycles. The Morgan fingerprint density at radius 1 is 1.29 bits per heavy atom. The van der Waals surface area contributed by atoms with Crippen LogP contribution in [0, 0.1) is 5.92 Å². The van der Waals surface area contributed by atoms with Crippen LogP contribution in [0.15, 0.2) is 0 Å². The maximum Gasteiger partial charge on any atom is 0.0158 e. The van der Waals surface area contributed by atoms with Crippen molar-refractivity contribution in [2.24, 2.45) is 11.7 Å². The molecule has 3 atom stereocenters. The molecule has 3 unspecified atom stereocenters. The molecule has 0 radical (unpaired) electrons. The number of rotatable bonds is 3. The summed E-state index contributed by atoms with van der Waals surface area (Å²) in [6, 6.07) is 1.27. The van der Waals surface area contributed by atoms with Gasteiger partial charge in [-0.1, -0.05) is 0 Å². The molecule has 14 heavy (non-hydrogen) atoms. The fourth-order valence-electron chi connectivity index (χ4n) is 2.53. The van der Waals surface area contributed by atoms with Crippen molar-refractivity contribution in [2.45, 2.75) is 44.2 Å². The maximum atomic E-state index is 5.90. The van der Waals surface area contributed by atoms with Gasteiger partial charge in [0.15, 0.2) is 0 Å². The van der Waals surface area contributed by atoms with Crippen LogP contribution in [0.5, 0.6) is 0 Å². The second kappa shape index (κ2) is 5.38. The summed E-state index contributed by atoms with van der Waals surface area (Å²) in [6.45, 7) is 1.21. The van der Waals surface area contributed by atoms with Crippen molar-refractivity contribution in [2.75, 3.05) is 18.1 Å². The smallest absolute Gasteiger partial charge is 0.0158 e. The number of hydrogen-bond acceptors (Lipinski definition) is 3. The summed E-state index contributed by atoms with van der Waals surface area (Å²) in [5.41, 5.74) is 5.90. The van der Waals surface area contributed by atoms with E-state index >= 15 is 0 Å². The highest BCUT2D eigenvalue weighted by molar-refractivity contribution is 7.99. The SMILES string of the molecule is NC1CCC(CNC2CCCSC2)C1. The molecular weight excluding hydrogens is 192 g/mol. The Kier molecular flexibility index (Phi) is 4.14. The van der Waals surface area contributed by atoms with Gasteiger partial charge in [-0.05, 0) is 50.3 Å². The van der Waals surface area contributed by atoms with Crippen molar-refractivity contribution in [3.05, 3.63) is 0 Å². The molecule has 0 bridgehead atoms. The Balaban J connectivity index is 1.61. The van der Waals surface area contributed by atoms with E-state index in [1.807, 2.05) is 0 Å². The minimum Gasteiger partial charge on any atom is -0.328 e. The predicted octanol–water partition coefficient (Wildman–Crippen LogP) is 1.60. The van der Waals surface area contributed by atoms with Crippen LogP contribution in [0.3, 0.4) is 0 Å². The molecule has 1 aliphatic heterocycles. The minimum atomic E-state index is 0.488. The molecule has 82 valence electrons. The average molecular weight is 214 g/mol. The first-order valence-corrected chi connectivity index (χ1v) is 7.07. The van der Waals surface area contributed by atoms with Crippen molar-refractivity contribution < 1.29 is 0 Å². The molecule has 1 saturated carbocycles. The van der Waals surface area contributed by atoms with Crippen LogP contribution >= 0.6 is 11.8 Å². The number of nitrogens with two attached hydrogens (primary N) is 1. The summed E-state index contributed by atoms with van der Waals surface area (Å²) >= 11 is 2.10. The molecule has 0 aromatic carbocycles. The predicted molar refractivity (Wildman–Crippen MR) is 63.7 cm³/mol. The molecule has 3 heteroatoms. The summed E-state index contributed by atoms with van der Waals surface area (Å²) in [6.07, 6.45) is 6.60. The van der Waals surface area contributed by atoms with Crippen LogP contribution in [-0.4, -0.2) is 30.1 Å². The van der Waals surface area contributed by atoms with E-state index in [0.717, 1.165) is 12.0 Å². The molecule has 2 fully saturated rings. The van der Waals surface area contributed by atoms with Crippen molar-refractivity contribution in [3.8, 4) is 0 Å². The Labute approximate surface area is 91.4 Å². The van der Waals surface area contributed by atoms with Crippen LogP contribution < -0.4 is 11.1 Å². The van der Waals surface area contributed by atoms with Gasteiger partial charge in [-0.15, -0.1) is 0 Å². The zero-order chi connectivity index (χ0) is 9.80. The molecule has 0 amide bonds. The lowest BCUT2D eigenvalue weighted by atomic mass is 10.1. The van der Waals surface area contributed by atoms with Gasteiger partial charge in [0.1, 0.15) is 0 Å². The highest BCUT2D eigenvalue weighted by Crippen LogP contribution is 2.24. The Morgan fingerprint density at radius 3 is 2.86 bits per heavy atom. The van der Waals surface area contributed by atoms with Crippen LogP contribution in [-0.2, 0) is 0 Å². The third-order valence-corrected chi connectivity index (χ3v) is 4.65. The van der Waals surface area contributed by atoms with Gasteiger partial charge in [0.25, 0.3) is 0 Å². The first-order chi connectivity index (χ1) is 6.84. The van der Waals surface area contributed by atoms with Crippen molar-refractivity contribution in [1.82, 2.24) is 5.32 Å². The number of hydrogen-bond donors (Lipinski definition) is 2. The molecule has 1 aliphatic carbocycles. The molecule has 0 spiro atoms.